The van der Waals surface area contributed by atoms with Gasteiger partial charge in [-0.3, -0.25) is 4.99 Å². The van der Waals surface area contributed by atoms with E-state index in [1.54, 1.807) is 6.92 Å². The Bertz CT molecular complexity index is 1730. The molecule has 0 spiro atoms. The third kappa shape index (κ3) is 10.5. The van der Waals surface area contributed by atoms with Crippen LogP contribution in [0.3, 0.4) is 0 Å². The second-order valence-electron chi connectivity index (χ2n) is 11.8. The molecule has 1 heterocycles. The zero-order valence-electron chi connectivity index (χ0n) is 29.2. The molecular formula is C35H44N4O14. The van der Waals surface area contributed by atoms with E-state index < -0.39 is 55.3 Å². The molecule has 1 aliphatic rings. The van der Waals surface area contributed by atoms with Crippen LogP contribution in [0.2, 0.25) is 0 Å². The number of aromatic carboxylic acids is 1. The average molecular weight is 745 g/mol. The summed E-state index contributed by atoms with van der Waals surface area (Å²) in [5.74, 6) is -3.05. The molecule has 10 N–H and O–H groups in total. The minimum absolute atomic E-state index is 0.00750. The van der Waals surface area contributed by atoms with Crippen molar-refractivity contribution in [1.82, 2.24) is 5.32 Å². The highest BCUT2D eigenvalue weighted by Crippen LogP contribution is 2.39. The number of phenols is 1. The number of aliphatic hydroxyl groups is 4. The first kappa shape index (κ1) is 40.2. The van der Waals surface area contributed by atoms with Crippen molar-refractivity contribution in [3.05, 3.63) is 71.3 Å². The molecule has 4 rings (SSSR count). The van der Waals surface area contributed by atoms with Crippen LogP contribution < -0.4 is 35.3 Å². The summed E-state index contributed by atoms with van der Waals surface area (Å²) in [4.78, 5) is 29.0. The Morgan fingerprint density at radius 3 is 2.36 bits per heavy atom. The van der Waals surface area contributed by atoms with Crippen molar-refractivity contribution in [3.63, 3.8) is 0 Å². The fraction of sp³-hybridized carbons (Fsp3) is 0.400. The van der Waals surface area contributed by atoms with Gasteiger partial charge in [-0.25, -0.2) is 9.59 Å². The number of nitrogens with two attached hydrogens (primary N) is 1. The van der Waals surface area contributed by atoms with Crippen LogP contribution in [0, 0.1) is 0 Å². The number of esters is 1. The van der Waals surface area contributed by atoms with Gasteiger partial charge in [-0.05, 0) is 24.6 Å². The normalized spacial score (nSPS) is 20.5. The van der Waals surface area contributed by atoms with Crippen LogP contribution in [-0.2, 0) is 15.9 Å². The highest BCUT2D eigenvalue weighted by molar-refractivity contribution is 5.95. The van der Waals surface area contributed by atoms with Crippen LogP contribution in [0.4, 0.5) is 5.69 Å². The molecule has 0 aromatic heterocycles. The SMILES string of the molecule is CN=C(N)NCOc1cc(C(=O)O)c(N[C@H](C)CO)cc1O[C@H]1O[C@H](COC(=O)c2cc(OC)c(O)c(OCCc3ccccc3)c2)[C@@H](O)[C@H](O)[C@H]1O. The van der Waals surface area contributed by atoms with Crippen molar-refractivity contribution in [1.29, 1.82) is 0 Å². The maximum absolute atomic E-state index is 13.2. The van der Waals surface area contributed by atoms with E-state index in [1.807, 2.05) is 30.3 Å². The quantitative estimate of drug-likeness (QED) is 0.0392. The number of carbonyl (C=O) groups excluding carboxylic acids is 1. The number of nitrogens with one attached hydrogen (secondary N) is 2. The van der Waals surface area contributed by atoms with Crippen molar-refractivity contribution < 1.29 is 68.6 Å². The Hall–Kier alpha value is -5.53. The summed E-state index contributed by atoms with van der Waals surface area (Å²) in [6.45, 7) is 0.484. The molecule has 1 saturated heterocycles. The van der Waals surface area contributed by atoms with E-state index >= 15 is 0 Å². The van der Waals surface area contributed by atoms with Crippen LogP contribution >= 0.6 is 0 Å². The number of aliphatic hydroxyl groups excluding tert-OH is 4. The number of guanidine groups is 1. The predicted molar refractivity (Wildman–Crippen MR) is 188 cm³/mol. The van der Waals surface area contributed by atoms with Gasteiger partial charge in [0.05, 0.1) is 37.1 Å². The number of carboxylic acids is 1. The van der Waals surface area contributed by atoms with Crippen LogP contribution in [0.5, 0.6) is 28.7 Å². The first-order valence-electron chi connectivity index (χ1n) is 16.4. The standard InChI is InChI=1S/C35H44N4O14/c1-18(15-40)39-22-14-24(23(13-21(22)32(45)46)51-17-38-35(36)37-2)52-34-31(44)30(43)29(42)27(53-34)16-50-33(47)20-11-25(48-3)28(41)26(12-20)49-10-9-19-7-5-4-6-8-19/h4-8,11-14,18,27,29-31,34,39-44H,9-10,15-17H2,1-3H3,(H,45,46)(H3,36,37,38)/t18-,27-,29-,30+,31-,34+/m1/s1. The number of phenolic OH excluding ortho intramolecular Hbond substituents is 1. The number of nitrogens with zero attached hydrogens (tertiary/aromatic N) is 1. The molecule has 0 saturated carbocycles. The van der Waals surface area contributed by atoms with Gasteiger partial charge in [0.15, 0.2) is 35.7 Å². The molecule has 288 valence electrons. The van der Waals surface area contributed by atoms with Crippen molar-refractivity contribution in [2.24, 2.45) is 10.7 Å². The lowest BCUT2D eigenvalue weighted by atomic mass is 9.99. The van der Waals surface area contributed by atoms with E-state index in [9.17, 15) is 40.2 Å². The second-order valence-corrected chi connectivity index (χ2v) is 11.8. The third-order valence-electron chi connectivity index (χ3n) is 7.99. The second kappa shape index (κ2) is 18.8. The first-order valence-corrected chi connectivity index (χ1v) is 16.4. The molecule has 0 radical (unpaired) electrons. The number of hydrogen-bond donors (Lipinski definition) is 9. The largest absolute Gasteiger partial charge is 0.502 e. The topological polar surface area (TPSA) is 273 Å². The number of carboxylic acid groups (broad SMARTS) is 1. The number of aliphatic imine (C=N–C) groups is 1. The number of ether oxygens (including phenoxy) is 6. The molecule has 0 aliphatic carbocycles. The molecule has 18 heteroatoms. The highest BCUT2D eigenvalue weighted by atomic mass is 16.7. The molecule has 53 heavy (non-hydrogen) atoms. The zero-order valence-corrected chi connectivity index (χ0v) is 29.2. The zero-order chi connectivity index (χ0) is 38.7. The van der Waals surface area contributed by atoms with Gasteiger partial charge >= 0.3 is 11.9 Å². The summed E-state index contributed by atoms with van der Waals surface area (Å²) in [5.41, 5.74) is 6.32. The Morgan fingerprint density at radius 1 is 0.981 bits per heavy atom. The molecule has 0 amide bonds. The number of carbonyl (C=O) groups is 2. The van der Waals surface area contributed by atoms with E-state index in [1.165, 1.54) is 32.4 Å². The Morgan fingerprint density at radius 2 is 1.70 bits per heavy atom. The van der Waals surface area contributed by atoms with E-state index in [2.05, 4.69) is 15.6 Å². The lowest BCUT2D eigenvalue weighted by molar-refractivity contribution is -0.277. The van der Waals surface area contributed by atoms with Gasteiger partial charge in [0.25, 0.3) is 0 Å². The van der Waals surface area contributed by atoms with Crippen LogP contribution in [0.1, 0.15) is 33.2 Å². The maximum atomic E-state index is 13.2. The summed E-state index contributed by atoms with van der Waals surface area (Å²) < 4.78 is 33.6. The number of hydrogen-bond acceptors (Lipinski definition) is 15. The van der Waals surface area contributed by atoms with Crippen molar-refractivity contribution in [2.45, 2.75) is 50.1 Å². The third-order valence-corrected chi connectivity index (χ3v) is 7.99. The van der Waals surface area contributed by atoms with E-state index in [-0.39, 0.29) is 71.5 Å². The van der Waals surface area contributed by atoms with Gasteiger partial charge in [0, 0.05) is 31.6 Å². The fourth-order valence-electron chi connectivity index (χ4n) is 5.05. The number of methoxy groups -OCH3 is 1. The van der Waals surface area contributed by atoms with E-state index in [0.29, 0.717) is 6.42 Å². The molecule has 3 aromatic carbocycles. The van der Waals surface area contributed by atoms with Gasteiger partial charge in [-0.15, -0.1) is 0 Å². The Labute approximate surface area is 304 Å². The van der Waals surface area contributed by atoms with Gasteiger partial charge in [0.1, 0.15) is 31.0 Å². The van der Waals surface area contributed by atoms with E-state index in [0.717, 1.165) is 11.6 Å². The minimum Gasteiger partial charge on any atom is -0.502 e. The molecular weight excluding hydrogens is 700 g/mol. The first-order chi connectivity index (χ1) is 25.4. The van der Waals surface area contributed by atoms with Crippen LogP contribution in [0.15, 0.2) is 59.6 Å². The summed E-state index contributed by atoms with van der Waals surface area (Å²) in [6.07, 6.45) is -8.10. The Balaban J connectivity index is 1.52. The lowest BCUT2D eigenvalue weighted by Gasteiger charge is -2.40. The molecule has 6 atom stereocenters. The number of aromatic hydroxyl groups is 1. The Kier molecular flexibility index (Phi) is 14.3. The van der Waals surface area contributed by atoms with Crippen LogP contribution in [0.25, 0.3) is 0 Å². The van der Waals surface area contributed by atoms with Crippen LogP contribution in [-0.4, -0.2) is 126 Å². The van der Waals surface area contributed by atoms with Crippen molar-refractivity contribution >= 4 is 23.6 Å². The number of anilines is 1. The summed E-state index contributed by atoms with van der Waals surface area (Å²) in [5, 5.41) is 67.8. The maximum Gasteiger partial charge on any atom is 0.338 e. The molecule has 18 nitrogen and oxygen atoms in total. The summed E-state index contributed by atoms with van der Waals surface area (Å²) in [7, 11) is 2.72. The molecule has 3 aromatic rings. The van der Waals surface area contributed by atoms with Crippen molar-refractivity contribution in [2.75, 3.05) is 46.0 Å². The van der Waals surface area contributed by atoms with Gasteiger partial charge in [0.2, 0.25) is 12.0 Å². The predicted octanol–water partition coefficient (Wildman–Crippen LogP) is 0.427. The number of rotatable bonds is 17. The average Bonchev–Trinajstić information content (AvgIpc) is 3.15. The van der Waals surface area contributed by atoms with Crippen molar-refractivity contribution in [3.8, 4) is 28.7 Å². The van der Waals surface area contributed by atoms with Gasteiger partial charge in [-0.1, -0.05) is 30.3 Å². The molecule has 1 aliphatic heterocycles. The minimum atomic E-state index is -1.85. The molecule has 0 bridgehead atoms. The highest BCUT2D eigenvalue weighted by Gasteiger charge is 2.46. The summed E-state index contributed by atoms with van der Waals surface area (Å²) in [6, 6.07) is 13.7. The van der Waals surface area contributed by atoms with Gasteiger partial charge in [-0.2, -0.15) is 0 Å². The lowest BCUT2D eigenvalue weighted by Crippen LogP contribution is -2.60. The molecule has 0 unspecified atom stereocenters. The summed E-state index contributed by atoms with van der Waals surface area (Å²) >= 11 is 0. The fourth-order valence-corrected chi connectivity index (χ4v) is 5.05. The molecule has 1 fully saturated rings. The number of benzene rings is 3. The van der Waals surface area contributed by atoms with Gasteiger partial charge < -0.3 is 75.4 Å². The monoisotopic (exact) mass is 744 g/mol. The van der Waals surface area contributed by atoms with E-state index in [4.69, 9.17) is 34.2 Å². The smallest absolute Gasteiger partial charge is 0.338 e.